The van der Waals surface area contributed by atoms with Crippen molar-refractivity contribution >= 4 is 22.5 Å². The van der Waals surface area contributed by atoms with Gasteiger partial charge in [0, 0.05) is 43.4 Å². The first kappa shape index (κ1) is 14.5. The minimum atomic E-state index is -0.175. The van der Waals surface area contributed by atoms with Gasteiger partial charge in [0.05, 0.1) is 10.9 Å². The number of aryl methyl sites for hydroxylation is 1. The van der Waals surface area contributed by atoms with E-state index in [1.165, 1.54) is 11.1 Å². The molecule has 0 bridgehead atoms. The molecular weight excluding hydrogens is 286 g/mol. The number of piperidine rings is 1. The molecule has 4 heteroatoms. The second kappa shape index (κ2) is 5.22. The summed E-state index contributed by atoms with van der Waals surface area (Å²) in [5.74, 6) is 0.335. The van der Waals surface area contributed by atoms with Gasteiger partial charge in [-0.2, -0.15) is 0 Å². The van der Waals surface area contributed by atoms with Crippen molar-refractivity contribution < 1.29 is 4.79 Å². The Labute approximate surface area is 137 Å². The van der Waals surface area contributed by atoms with Gasteiger partial charge in [-0.15, -0.1) is 0 Å². The summed E-state index contributed by atoms with van der Waals surface area (Å²) in [6.45, 7) is 4.73. The van der Waals surface area contributed by atoms with Crippen LogP contribution >= 0.6 is 0 Å². The highest BCUT2D eigenvalue weighted by Crippen LogP contribution is 2.42. The summed E-state index contributed by atoms with van der Waals surface area (Å²) in [7, 11) is 1.94. The van der Waals surface area contributed by atoms with E-state index in [9.17, 15) is 4.79 Å². The molecule has 4 nitrogen and oxygen atoms in total. The maximum absolute atomic E-state index is 12.7. The number of nitrogens with zero attached hydrogens (tertiary/aromatic N) is 3. The summed E-state index contributed by atoms with van der Waals surface area (Å²) in [5.41, 5.74) is 3.12. The summed E-state index contributed by atoms with van der Waals surface area (Å²) < 4.78 is 0. The molecule has 2 saturated heterocycles. The van der Waals surface area contributed by atoms with Gasteiger partial charge in [0.1, 0.15) is 0 Å². The van der Waals surface area contributed by atoms with E-state index in [4.69, 9.17) is 0 Å². The van der Waals surface area contributed by atoms with Gasteiger partial charge in [0.2, 0.25) is 5.91 Å². The molecule has 1 atom stereocenters. The third-order valence-corrected chi connectivity index (χ3v) is 5.47. The highest BCUT2D eigenvalue weighted by atomic mass is 16.2. The van der Waals surface area contributed by atoms with Gasteiger partial charge in [-0.1, -0.05) is 18.2 Å². The quantitative estimate of drug-likeness (QED) is 0.812. The molecule has 2 fully saturated rings. The number of rotatable bonds is 1. The highest BCUT2D eigenvalue weighted by Gasteiger charge is 2.47. The molecule has 1 aromatic heterocycles. The Kier molecular flexibility index (Phi) is 3.29. The van der Waals surface area contributed by atoms with Crippen LogP contribution in [-0.2, 0) is 4.79 Å². The summed E-state index contributed by atoms with van der Waals surface area (Å²) in [5, 5.41) is 1.19. The summed E-state index contributed by atoms with van der Waals surface area (Å²) in [6.07, 6.45) is 3.10. The van der Waals surface area contributed by atoms with Crippen LogP contribution in [-0.4, -0.2) is 42.5 Å². The van der Waals surface area contributed by atoms with Crippen molar-refractivity contribution in [1.29, 1.82) is 0 Å². The van der Waals surface area contributed by atoms with E-state index >= 15 is 0 Å². The molecule has 3 heterocycles. The molecule has 2 aliphatic rings. The SMILES string of the molecule is Cc1cc(N2CCC3(CCCN(C)C3=O)C2)c2ccccc2n1. The van der Waals surface area contributed by atoms with Crippen molar-refractivity contribution in [3.8, 4) is 0 Å². The largest absolute Gasteiger partial charge is 0.370 e. The summed E-state index contributed by atoms with van der Waals surface area (Å²) in [4.78, 5) is 21.7. The van der Waals surface area contributed by atoms with Crippen LogP contribution in [0.3, 0.4) is 0 Å². The van der Waals surface area contributed by atoms with Crippen LogP contribution in [0.1, 0.15) is 25.0 Å². The number of anilines is 1. The molecule has 0 saturated carbocycles. The van der Waals surface area contributed by atoms with Crippen LogP contribution in [0, 0.1) is 12.3 Å². The molecule has 1 unspecified atom stereocenters. The Morgan fingerprint density at radius 1 is 1.17 bits per heavy atom. The Morgan fingerprint density at radius 2 is 2.00 bits per heavy atom. The van der Waals surface area contributed by atoms with Gasteiger partial charge in [-0.3, -0.25) is 9.78 Å². The van der Waals surface area contributed by atoms with Gasteiger partial charge >= 0.3 is 0 Å². The maximum Gasteiger partial charge on any atom is 0.230 e. The van der Waals surface area contributed by atoms with E-state index in [1.54, 1.807) is 0 Å². The van der Waals surface area contributed by atoms with E-state index in [0.717, 1.165) is 50.1 Å². The average Bonchev–Trinajstić information content (AvgIpc) is 2.97. The number of pyridine rings is 1. The Balaban J connectivity index is 1.72. The lowest BCUT2D eigenvalue weighted by Crippen LogP contribution is -2.48. The first-order chi connectivity index (χ1) is 11.1. The summed E-state index contributed by atoms with van der Waals surface area (Å²) >= 11 is 0. The van der Waals surface area contributed by atoms with Crippen LogP contribution in [0.2, 0.25) is 0 Å². The molecule has 2 aliphatic heterocycles. The normalized spacial score (nSPS) is 24.9. The number of para-hydroxylation sites is 1. The van der Waals surface area contributed by atoms with Gasteiger partial charge < -0.3 is 9.80 Å². The number of carbonyl (C=O) groups excluding carboxylic acids is 1. The van der Waals surface area contributed by atoms with Crippen molar-refractivity contribution in [2.75, 3.05) is 31.6 Å². The fourth-order valence-electron chi connectivity index (χ4n) is 4.27. The molecular formula is C19H23N3O. The summed E-state index contributed by atoms with van der Waals surface area (Å²) in [6, 6.07) is 10.5. The molecule has 4 rings (SSSR count). The number of likely N-dealkylation sites (tertiary alicyclic amines) is 1. The van der Waals surface area contributed by atoms with Crippen LogP contribution in [0.15, 0.2) is 30.3 Å². The van der Waals surface area contributed by atoms with Crippen LogP contribution in [0.5, 0.6) is 0 Å². The van der Waals surface area contributed by atoms with Crippen molar-refractivity contribution in [1.82, 2.24) is 9.88 Å². The predicted octanol–water partition coefficient (Wildman–Crippen LogP) is 2.99. The molecule has 120 valence electrons. The lowest BCUT2D eigenvalue weighted by atomic mass is 9.78. The van der Waals surface area contributed by atoms with Gasteiger partial charge in [0.15, 0.2) is 0 Å². The van der Waals surface area contributed by atoms with Crippen LogP contribution in [0.25, 0.3) is 10.9 Å². The zero-order chi connectivity index (χ0) is 16.0. The van der Waals surface area contributed by atoms with E-state index in [0.29, 0.717) is 5.91 Å². The number of benzene rings is 1. The number of hydrogen-bond acceptors (Lipinski definition) is 3. The maximum atomic E-state index is 12.7. The minimum absolute atomic E-state index is 0.175. The fraction of sp³-hybridized carbons (Fsp3) is 0.474. The molecule has 1 amide bonds. The molecule has 0 N–H and O–H groups in total. The first-order valence-corrected chi connectivity index (χ1v) is 8.46. The monoisotopic (exact) mass is 309 g/mol. The predicted molar refractivity (Wildman–Crippen MR) is 92.6 cm³/mol. The molecule has 2 aromatic rings. The molecule has 0 radical (unpaired) electrons. The van der Waals surface area contributed by atoms with Crippen molar-refractivity contribution in [3.63, 3.8) is 0 Å². The number of fused-ring (bicyclic) bond motifs is 1. The van der Waals surface area contributed by atoms with E-state index in [2.05, 4.69) is 34.1 Å². The zero-order valence-electron chi connectivity index (χ0n) is 13.9. The third-order valence-electron chi connectivity index (χ3n) is 5.47. The van der Waals surface area contributed by atoms with Gasteiger partial charge in [-0.25, -0.2) is 0 Å². The Morgan fingerprint density at radius 3 is 2.87 bits per heavy atom. The van der Waals surface area contributed by atoms with Crippen molar-refractivity contribution in [2.24, 2.45) is 5.41 Å². The molecule has 0 aliphatic carbocycles. The Bertz CT molecular complexity index is 772. The van der Waals surface area contributed by atoms with Crippen LogP contribution in [0.4, 0.5) is 5.69 Å². The standard InChI is InChI=1S/C19H23N3O/c1-14-12-17(15-6-3-4-7-16(15)20-14)22-11-9-19(13-22)8-5-10-21(2)18(19)23/h3-4,6-7,12H,5,8-11,13H2,1-2H3. The number of aromatic nitrogens is 1. The molecule has 23 heavy (non-hydrogen) atoms. The van der Waals surface area contributed by atoms with Gasteiger partial charge in [0.25, 0.3) is 0 Å². The Hall–Kier alpha value is -2.10. The van der Waals surface area contributed by atoms with E-state index in [1.807, 2.05) is 24.9 Å². The van der Waals surface area contributed by atoms with E-state index < -0.39 is 0 Å². The second-order valence-electron chi connectivity index (χ2n) is 7.08. The number of amides is 1. The first-order valence-electron chi connectivity index (χ1n) is 8.46. The number of carbonyl (C=O) groups is 1. The average molecular weight is 309 g/mol. The van der Waals surface area contributed by atoms with E-state index in [-0.39, 0.29) is 5.41 Å². The van der Waals surface area contributed by atoms with Crippen LogP contribution < -0.4 is 4.90 Å². The minimum Gasteiger partial charge on any atom is -0.370 e. The van der Waals surface area contributed by atoms with Gasteiger partial charge in [-0.05, 0) is 38.3 Å². The number of hydrogen-bond donors (Lipinski definition) is 0. The highest BCUT2D eigenvalue weighted by molar-refractivity contribution is 5.93. The third kappa shape index (κ3) is 2.28. The topological polar surface area (TPSA) is 36.4 Å². The molecule has 1 spiro atoms. The lowest BCUT2D eigenvalue weighted by molar-refractivity contribution is -0.143. The smallest absolute Gasteiger partial charge is 0.230 e. The zero-order valence-corrected chi connectivity index (χ0v) is 13.9. The fourth-order valence-corrected chi connectivity index (χ4v) is 4.27. The second-order valence-corrected chi connectivity index (χ2v) is 7.08. The lowest BCUT2D eigenvalue weighted by Gasteiger charge is -2.37. The van der Waals surface area contributed by atoms with Crippen molar-refractivity contribution in [3.05, 3.63) is 36.0 Å². The van der Waals surface area contributed by atoms with Crippen molar-refractivity contribution in [2.45, 2.75) is 26.2 Å². The molecule has 1 aromatic carbocycles.